The van der Waals surface area contributed by atoms with Crippen molar-refractivity contribution in [2.24, 2.45) is 5.73 Å². The molecule has 0 amide bonds. The van der Waals surface area contributed by atoms with Crippen LogP contribution in [0.4, 0.5) is 8.78 Å². The number of carbonyl (C=O) groups excluding carboxylic acids is 1. The molecule has 1 rings (SSSR count). The van der Waals surface area contributed by atoms with Gasteiger partial charge in [-0.3, -0.25) is 4.79 Å². The number of benzene rings is 1. The standard InChI is InChI=1S/C10H11F2NO3/c1-15-5-3-6(11)8(7(12)4-5)9(13)10(14)16-2/h3-4,9H,13H2,1-2H3. The Kier molecular flexibility index (Phi) is 3.78. The number of hydrogen-bond donors (Lipinski definition) is 1. The van der Waals surface area contributed by atoms with Gasteiger partial charge < -0.3 is 15.2 Å². The molecule has 0 bridgehead atoms. The van der Waals surface area contributed by atoms with Crippen molar-refractivity contribution in [3.63, 3.8) is 0 Å². The molecule has 0 aromatic heterocycles. The first-order valence-electron chi connectivity index (χ1n) is 4.37. The maximum Gasteiger partial charge on any atom is 0.327 e. The fraction of sp³-hybridized carbons (Fsp3) is 0.300. The average molecular weight is 231 g/mol. The highest BCUT2D eigenvalue weighted by molar-refractivity contribution is 5.77. The lowest BCUT2D eigenvalue weighted by molar-refractivity contribution is -0.142. The smallest absolute Gasteiger partial charge is 0.327 e. The number of ether oxygens (including phenoxy) is 2. The van der Waals surface area contributed by atoms with Gasteiger partial charge in [0.1, 0.15) is 23.4 Å². The van der Waals surface area contributed by atoms with Gasteiger partial charge in [-0.05, 0) is 0 Å². The molecule has 0 spiro atoms. The van der Waals surface area contributed by atoms with Crippen LogP contribution in [0.25, 0.3) is 0 Å². The van der Waals surface area contributed by atoms with Crippen molar-refractivity contribution >= 4 is 5.97 Å². The Morgan fingerprint density at radius 3 is 2.19 bits per heavy atom. The molecular formula is C10H11F2NO3. The number of esters is 1. The van der Waals surface area contributed by atoms with Gasteiger partial charge in [0.15, 0.2) is 0 Å². The summed E-state index contributed by atoms with van der Waals surface area (Å²) in [5.41, 5.74) is 4.81. The second-order valence-electron chi connectivity index (χ2n) is 3.01. The van der Waals surface area contributed by atoms with Crippen molar-refractivity contribution in [2.45, 2.75) is 6.04 Å². The van der Waals surface area contributed by atoms with Gasteiger partial charge in [-0.15, -0.1) is 0 Å². The molecule has 1 aromatic rings. The second-order valence-corrected chi connectivity index (χ2v) is 3.01. The molecule has 1 atom stereocenters. The fourth-order valence-corrected chi connectivity index (χ4v) is 1.22. The summed E-state index contributed by atoms with van der Waals surface area (Å²) in [7, 11) is 2.36. The van der Waals surface area contributed by atoms with Crippen molar-refractivity contribution in [3.8, 4) is 5.75 Å². The SMILES string of the molecule is COC(=O)C(N)c1c(F)cc(OC)cc1F. The molecule has 0 saturated heterocycles. The lowest BCUT2D eigenvalue weighted by Gasteiger charge is -2.12. The molecule has 1 aromatic carbocycles. The first-order chi connectivity index (χ1) is 7.51. The molecule has 16 heavy (non-hydrogen) atoms. The van der Waals surface area contributed by atoms with Gasteiger partial charge in [0.05, 0.1) is 19.8 Å². The van der Waals surface area contributed by atoms with E-state index < -0.39 is 29.2 Å². The summed E-state index contributed by atoms with van der Waals surface area (Å²) >= 11 is 0. The number of nitrogens with two attached hydrogens (primary N) is 1. The lowest BCUT2D eigenvalue weighted by Crippen LogP contribution is -2.25. The van der Waals surface area contributed by atoms with E-state index in [2.05, 4.69) is 9.47 Å². The molecule has 0 fully saturated rings. The average Bonchev–Trinajstić information content (AvgIpc) is 2.26. The Hall–Kier alpha value is -1.69. The summed E-state index contributed by atoms with van der Waals surface area (Å²) in [4.78, 5) is 11.1. The van der Waals surface area contributed by atoms with Crippen LogP contribution in [0.15, 0.2) is 12.1 Å². The van der Waals surface area contributed by atoms with E-state index >= 15 is 0 Å². The predicted octanol–water partition coefficient (Wildman–Crippen LogP) is 1.15. The zero-order valence-corrected chi connectivity index (χ0v) is 8.79. The minimum Gasteiger partial charge on any atom is -0.497 e. The Bertz CT molecular complexity index is 386. The summed E-state index contributed by atoms with van der Waals surface area (Å²) in [6.07, 6.45) is 0. The molecule has 4 nitrogen and oxygen atoms in total. The molecule has 0 heterocycles. The van der Waals surface area contributed by atoms with Crippen LogP contribution in [-0.4, -0.2) is 20.2 Å². The van der Waals surface area contributed by atoms with E-state index in [-0.39, 0.29) is 5.75 Å². The Balaban J connectivity index is 3.19. The number of hydrogen-bond acceptors (Lipinski definition) is 4. The van der Waals surface area contributed by atoms with Gasteiger partial charge in [0.25, 0.3) is 0 Å². The lowest BCUT2D eigenvalue weighted by atomic mass is 10.1. The normalized spacial score (nSPS) is 12.1. The Labute approximate surface area is 91.0 Å². The third kappa shape index (κ3) is 2.27. The van der Waals surface area contributed by atoms with Gasteiger partial charge in [0.2, 0.25) is 0 Å². The van der Waals surface area contributed by atoms with Crippen molar-refractivity contribution in [1.29, 1.82) is 0 Å². The van der Waals surface area contributed by atoms with E-state index in [1.54, 1.807) is 0 Å². The van der Waals surface area contributed by atoms with E-state index in [0.717, 1.165) is 19.2 Å². The van der Waals surface area contributed by atoms with E-state index in [1.807, 2.05) is 0 Å². The van der Waals surface area contributed by atoms with Crippen LogP contribution in [0.3, 0.4) is 0 Å². The third-order valence-corrected chi connectivity index (χ3v) is 2.05. The minimum atomic E-state index is -1.49. The maximum atomic E-state index is 13.4. The molecule has 0 saturated carbocycles. The van der Waals surface area contributed by atoms with Crippen molar-refractivity contribution < 1.29 is 23.0 Å². The molecule has 0 aliphatic heterocycles. The first-order valence-corrected chi connectivity index (χ1v) is 4.37. The zero-order valence-electron chi connectivity index (χ0n) is 8.79. The van der Waals surface area contributed by atoms with Gasteiger partial charge >= 0.3 is 5.97 Å². The quantitative estimate of drug-likeness (QED) is 0.792. The van der Waals surface area contributed by atoms with Crippen LogP contribution in [-0.2, 0) is 9.53 Å². The van der Waals surface area contributed by atoms with Crippen LogP contribution >= 0.6 is 0 Å². The topological polar surface area (TPSA) is 61.5 Å². The molecule has 0 radical (unpaired) electrons. The second kappa shape index (κ2) is 4.89. The summed E-state index contributed by atoms with van der Waals surface area (Å²) in [6, 6.07) is 0.401. The van der Waals surface area contributed by atoms with Crippen LogP contribution in [0.1, 0.15) is 11.6 Å². The van der Waals surface area contributed by atoms with Crippen LogP contribution < -0.4 is 10.5 Å². The molecule has 88 valence electrons. The van der Waals surface area contributed by atoms with Crippen molar-refractivity contribution in [2.75, 3.05) is 14.2 Å². The summed E-state index contributed by atoms with van der Waals surface area (Å²) in [5, 5.41) is 0. The number of halogens is 2. The largest absolute Gasteiger partial charge is 0.497 e. The molecule has 6 heteroatoms. The fourth-order valence-electron chi connectivity index (χ4n) is 1.22. The highest BCUT2D eigenvalue weighted by atomic mass is 19.1. The van der Waals surface area contributed by atoms with Gasteiger partial charge in [-0.2, -0.15) is 0 Å². The molecule has 2 N–H and O–H groups in total. The van der Waals surface area contributed by atoms with Crippen molar-refractivity contribution in [3.05, 3.63) is 29.3 Å². The number of rotatable bonds is 3. The summed E-state index contributed by atoms with van der Waals surface area (Å²) < 4.78 is 35.8. The number of carbonyl (C=O) groups is 1. The minimum absolute atomic E-state index is 0.0100. The molecular weight excluding hydrogens is 220 g/mol. The van der Waals surface area contributed by atoms with E-state index in [0.29, 0.717) is 0 Å². The van der Waals surface area contributed by atoms with Crippen molar-refractivity contribution in [1.82, 2.24) is 0 Å². The number of methoxy groups -OCH3 is 2. The Morgan fingerprint density at radius 2 is 1.81 bits per heavy atom. The van der Waals surface area contributed by atoms with E-state index in [4.69, 9.17) is 5.73 Å². The molecule has 0 aliphatic carbocycles. The van der Waals surface area contributed by atoms with E-state index in [9.17, 15) is 13.6 Å². The monoisotopic (exact) mass is 231 g/mol. The van der Waals surface area contributed by atoms with Gasteiger partial charge in [-0.25, -0.2) is 8.78 Å². The van der Waals surface area contributed by atoms with Crippen LogP contribution in [0.5, 0.6) is 5.75 Å². The maximum absolute atomic E-state index is 13.4. The highest BCUT2D eigenvalue weighted by Crippen LogP contribution is 2.25. The molecule has 1 unspecified atom stereocenters. The zero-order chi connectivity index (χ0) is 12.3. The third-order valence-electron chi connectivity index (χ3n) is 2.05. The van der Waals surface area contributed by atoms with Crippen LogP contribution in [0.2, 0.25) is 0 Å². The molecule has 0 aliphatic rings. The van der Waals surface area contributed by atoms with Crippen LogP contribution in [0, 0.1) is 11.6 Å². The highest BCUT2D eigenvalue weighted by Gasteiger charge is 2.24. The summed E-state index contributed by atoms with van der Waals surface area (Å²) in [6.45, 7) is 0. The summed E-state index contributed by atoms with van der Waals surface area (Å²) in [5.74, 6) is -2.80. The first kappa shape index (κ1) is 12.4. The van der Waals surface area contributed by atoms with E-state index in [1.165, 1.54) is 7.11 Å². The van der Waals surface area contributed by atoms with Gasteiger partial charge in [0, 0.05) is 12.1 Å². The predicted molar refractivity (Wildman–Crippen MR) is 51.9 cm³/mol. The van der Waals surface area contributed by atoms with Gasteiger partial charge in [-0.1, -0.05) is 0 Å². The Morgan fingerprint density at radius 1 is 1.31 bits per heavy atom.